The third-order valence-corrected chi connectivity index (χ3v) is 5.47. The van der Waals surface area contributed by atoms with Crippen molar-refractivity contribution in [1.82, 2.24) is 5.32 Å². The Labute approximate surface area is 149 Å². The summed E-state index contributed by atoms with van der Waals surface area (Å²) in [5, 5.41) is 18.7. The maximum Gasteiger partial charge on any atom is 0.256 e. The predicted octanol–water partition coefficient (Wildman–Crippen LogP) is 2.91. The normalized spacial score (nSPS) is 30.3. The van der Waals surface area contributed by atoms with Crippen LogP contribution in [0.5, 0.6) is 0 Å². The van der Waals surface area contributed by atoms with Crippen LogP contribution in [0.15, 0.2) is 48.5 Å². The van der Waals surface area contributed by atoms with Gasteiger partial charge in [0, 0.05) is 27.2 Å². The van der Waals surface area contributed by atoms with Crippen molar-refractivity contribution in [3.8, 4) is 0 Å². The fourth-order valence-corrected chi connectivity index (χ4v) is 4.36. The Morgan fingerprint density at radius 3 is 2.52 bits per heavy atom. The van der Waals surface area contributed by atoms with Gasteiger partial charge in [-0.15, -0.1) is 0 Å². The first-order valence-electron chi connectivity index (χ1n) is 8.03. The van der Waals surface area contributed by atoms with Crippen molar-refractivity contribution in [2.24, 2.45) is 0 Å². The molecule has 1 spiro atoms. The average Bonchev–Trinajstić information content (AvgIpc) is 3.04. The summed E-state index contributed by atoms with van der Waals surface area (Å²) >= 11 is 5.95. The number of nitrogens with zero attached hydrogens (tertiary/aromatic N) is 1. The molecule has 6 nitrogen and oxygen atoms in total. The first-order valence-corrected chi connectivity index (χ1v) is 8.40. The van der Waals surface area contributed by atoms with Gasteiger partial charge in [0.15, 0.2) is 5.54 Å². The molecule has 0 radical (unpaired) electrons. The number of halogens is 1. The number of fused-ring (bicyclic) bond motifs is 2. The molecule has 2 heterocycles. The number of benzene rings is 2. The van der Waals surface area contributed by atoms with Gasteiger partial charge in [0.2, 0.25) is 0 Å². The minimum Gasteiger partial charge on any atom is -0.324 e. The molecule has 2 aliphatic rings. The second-order valence-corrected chi connectivity index (χ2v) is 6.98. The lowest BCUT2D eigenvalue weighted by Crippen LogP contribution is -2.54. The molecule has 4 rings (SSSR count). The summed E-state index contributed by atoms with van der Waals surface area (Å²) in [6.45, 7) is 1.87. The number of rotatable bonds is 2. The second-order valence-electron chi connectivity index (χ2n) is 6.55. The number of anilines is 1. The quantitative estimate of drug-likeness (QED) is 0.639. The molecule has 2 aliphatic heterocycles. The van der Waals surface area contributed by atoms with Crippen LogP contribution in [0.25, 0.3) is 0 Å². The molecule has 2 aromatic rings. The predicted molar refractivity (Wildman–Crippen MR) is 94.3 cm³/mol. The highest BCUT2D eigenvalue weighted by molar-refractivity contribution is 6.30. The summed E-state index contributed by atoms with van der Waals surface area (Å²) in [5.74, 6) is -0.831. The zero-order valence-corrected chi connectivity index (χ0v) is 14.2. The lowest BCUT2D eigenvalue weighted by molar-refractivity contribution is -0.532. The van der Waals surface area contributed by atoms with Crippen LogP contribution in [-0.2, 0) is 10.3 Å². The Kier molecular flexibility index (Phi) is 3.56. The van der Waals surface area contributed by atoms with Crippen molar-refractivity contribution < 1.29 is 9.72 Å². The first kappa shape index (κ1) is 16.1. The number of hydrogen-bond donors (Lipinski definition) is 2. The maximum absolute atomic E-state index is 12.8. The number of carbonyl (C=O) groups excluding carboxylic acids is 1. The maximum atomic E-state index is 12.8. The third-order valence-electron chi connectivity index (χ3n) is 5.22. The van der Waals surface area contributed by atoms with Gasteiger partial charge < -0.3 is 5.32 Å². The molecule has 1 saturated heterocycles. The topological polar surface area (TPSA) is 84.3 Å². The fourth-order valence-electron chi connectivity index (χ4n) is 4.24. The molecular formula is C18H16ClN3O3. The van der Waals surface area contributed by atoms with Gasteiger partial charge >= 0.3 is 0 Å². The van der Waals surface area contributed by atoms with Gasteiger partial charge in [-0.05, 0) is 30.7 Å². The van der Waals surface area contributed by atoms with Crippen LogP contribution in [0, 0.1) is 10.1 Å². The molecule has 25 heavy (non-hydrogen) atoms. The summed E-state index contributed by atoms with van der Waals surface area (Å²) in [6, 6.07) is 12.8. The summed E-state index contributed by atoms with van der Waals surface area (Å²) < 4.78 is 0. The van der Waals surface area contributed by atoms with Crippen LogP contribution in [0.3, 0.4) is 0 Å². The molecule has 0 aromatic heterocycles. The number of para-hydroxylation sites is 1. The Morgan fingerprint density at radius 2 is 1.84 bits per heavy atom. The highest BCUT2D eigenvalue weighted by atomic mass is 35.5. The monoisotopic (exact) mass is 357 g/mol. The Bertz CT molecular complexity index is 870. The van der Waals surface area contributed by atoms with E-state index in [0.29, 0.717) is 16.3 Å². The van der Waals surface area contributed by atoms with Crippen molar-refractivity contribution in [3.05, 3.63) is 74.8 Å². The summed E-state index contributed by atoms with van der Waals surface area (Å²) in [4.78, 5) is 24.6. The number of amides is 1. The summed E-state index contributed by atoms with van der Waals surface area (Å²) in [7, 11) is 0. The van der Waals surface area contributed by atoms with E-state index in [4.69, 9.17) is 11.6 Å². The molecule has 4 atom stereocenters. The number of nitro groups is 1. The molecule has 1 amide bonds. The van der Waals surface area contributed by atoms with E-state index >= 15 is 0 Å². The van der Waals surface area contributed by atoms with Crippen molar-refractivity contribution in [2.75, 3.05) is 5.32 Å². The number of hydrogen-bond acceptors (Lipinski definition) is 4. The third kappa shape index (κ3) is 2.18. The molecule has 0 aliphatic carbocycles. The van der Waals surface area contributed by atoms with E-state index in [1.165, 1.54) is 0 Å². The van der Waals surface area contributed by atoms with Gasteiger partial charge in [0.25, 0.3) is 11.9 Å². The van der Waals surface area contributed by atoms with E-state index in [-0.39, 0.29) is 16.9 Å². The smallest absolute Gasteiger partial charge is 0.256 e. The molecule has 0 saturated carbocycles. The van der Waals surface area contributed by atoms with Crippen molar-refractivity contribution >= 4 is 23.2 Å². The number of nitrogens with one attached hydrogen (secondary N) is 2. The number of carbonyl (C=O) groups is 1. The molecule has 0 unspecified atom stereocenters. The SMILES string of the molecule is C[C@@H]1N[C@]2(C(=O)Nc3ccccc32)[C@@H]([N+](=O)[O-])[C@@H]1c1ccc(Cl)cc1. The van der Waals surface area contributed by atoms with Crippen molar-refractivity contribution in [3.63, 3.8) is 0 Å². The van der Waals surface area contributed by atoms with E-state index < -0.39 is 17.5 Å². The Morgan fingerprint density at radius 1 is 1.16 bits per heavy atom. The fraction of sp³-hybridized carbons (Fsp3) is 0.278. The van der Waals surface area contributed by atoms with E-state index in [1.54, 1.807) is 48.5 Å². The van der Waals surface area contributed by atoms with Gasteiger partial charge in [-0.1, -0.05) is 41.9 Å². The molecule has 1 fully saturated rings. The van der Waals surface area contributed by atoms with Crippen LogP contribution >= 0.6 is 11.6 Å². The summed E-state index contributed by atoms with van der Waals surface area (Å²) in [5.41, 5.74) is 0.671. The van der Waals surface area contributed by atoms with Crippen LogP contribution in [0.2, 0.25) is 5.02 Å². The largest absolute Gasteiger partial charge is 0.324 e. The molecule has 7 heteroatoms. The standard InChI is InChI=1S/C18H16ClN3O3/c1-10-15(11-6-8-12(19)9-7-11)16(22(24)25)18(21-10)13-4-2-3-5-14(13)20-17(18)23/h2-10,15-16,21H,1H3,(H,20,23)/t10-,15-,16-,18-/m0/s1. The first-order chi connectivity index (χ1) is 11.9. The van der Waals surface area contributed by atoms with Gasteiger partial charge in [-0.3, -0.25) is 20.2 Å². The van der Waals surface area contributed by atoms with E-state index in [9.17, 15) is 14.9 Å². The minimum atomic E-state index is -1.37. The zero-order valence-electron chi connectivity index (χ0n) is 13.4. The van der Waals surface area contributed by atoms with Crippen molar-refractivity contribution in [2.45, 2.75) is 30.5 Å². The Hall–Kier alpha value is -2.44. The van der Waals surface area contributed by atoms with E-state index in [0.717, 1.165) is 5.56 Å². The molecular weight excluding hydrogens is 342 g/mol. The van der Waals surface area contributed by atoms with E-state index in [1.807, 2.05) is 6.92 Å². The Balaban J connectivity index is 1.89. The molecule has 128 valence electrons. The molecule has 2 N–H and O–H groups in total. The van der Waals surface area contributed by atoms with Crippen LogP contribution in [0.1, 0.15) is 24.0 Å². The molecule has 2 aromatic carbocycles. The van der Waals surface area contributed by atoms with Crippen LogP contribution < -0.4 is 10.6 Å². The highest BCUT2D eigenvalue weighted by Gasteiger charge is 2.67. The molecule has 0 bridgehead atoms. The van der Waals surface area contributed by atoms with Gasteiger partial charge in [0.1, 0.15) is 0 Å². The highest BCUT2D eigenvalue weighted by Crippen LogP contribution is 2.49. The van der Waals surface area contributed by atoms with Gasteiger partial charge in [-0.25, -0.2) is 0 Å². The summed E-state index contributed by atoms with van der Waals surface area (Å²) in [6.07, 6.45) is 0. The van der Waals surface area contributed by atoms with Gasteiger partial charge in [-0.2, -0.15) is 0 Å². The second kappa shape index (κ2) is 5.54. The van der Waals surface area contributed by atoms with Crippen molar-refractivity contribution in [1.29, 1.82) is 0 Å². The lowest BCUT2D eigenvalue weighted by atomic mass is 9.78. The average molecular weight is 358 g/mol. The minimum absolute atomic E-state index is 0.256. The van der Waals surface area contributed by atoms with Gasteiger partial charge in [0.05, 0.1) is 5.92 Å². The lowest BCUT2D eigenvalue weighted by Gasteiger charge is -2.25. The zero-order chi connectivity index (χ0) is 17.8. The van der Waals surface area contributed by atoms with Crippen LogP contribution in [-0.4, -0.2) is 22.9 Å². The van der Waals surface area contributed by atoms with E-state index in [2.05, 4.69) is 10.6 Å². The van der Waals surface area contributed by atoms with Crippen LogP contribution in [0.4, 0.5) is 5.69 Å².